The van der Waals surface area contributed by atoms with Crippen molar-refractivity contribution in [2.75, 3.05) is 7.11 Å². The monoisotopic (exact) mass is 472 g/mol. The normalized spacial score (nSPS) is 11.8. The molecule has 0 unspecified atom stereocenters. The number of halogens is 1. The van der Waals surface area contributed by atoms with E-state index in [0.717, 1.165) is 45.3 Å². The number of fused-ring (bicyclic) bond motifs is 3. The molecular weight excluding hydrogens is 448 g/mol. The SMILES string of the molecule is COc1ccc(CNC(=O)CCc2cc3c(n2-c2ccc(Cl)cc2)-c2ccccc2OC3)cc1. The summed E-state index contributed by atoms with van der Waals surface area (Å²) in [5.74, 6) is 1.67. The second kappa shape index (κ2) is 9.65. The zero-order valence-corrected chi connectivity index (χ0v) is 19.6. The Bertz CT molecular complexity index is 1310. The first kappa shape index (κ1) is 22.1. The topological polar surface area (TPSA) is 52.5 Å². The smallest absolute Gasteiger partial charge is 0.220 e. The average molecular weight is 473 g/mol. The number of nitrogens with one attached hydrogen (secondary N) is 1. The fraction of sp³-hybridized carbons (Fsp3) is 0.179. The summed E-state index contributed by atoms with van der Waals surface area (Å²) in [6, 6.07) is 25.7. The van der Waals surface area contributed by atoms with Gasteiger partial charge in [-0.25, -0.2) is 0 Å². The highest BCUT2D eigenvalue weighted by Crippen LogP contribution is 2.41. The first-order valence-electron chi connectivity index (χ1n) is 11.2. The molecule has 4 aromatic rings. The van der Waals surface area contributed by atoms with Crippen molar-refractivity contribution in [3.05, 3.63) is 101 Å². The van der Waals surface area contributed by atoms with Crippen molar-refractivity contribution in [1.82, 2.24) is 9.88 Å². The van der Waals surface area contributed by atoms with Gasteiger partial charge in [0.2, 0.25) is 5.91 Å². The number of benzene rings is 3. The van der Waals surface area contributed by atoms with Crippen LogP contribution in [-0.4, -0.2) is 17.6 Å². The molecule has 5 nitrogen and oxygen atoms in total. The Labute approximate surface area is 203 Å². The highest BCUT2D eigenvalue weighted by Gasteiger charge is 2.24. The lowest BCUT2D eigenvalue weighted by Crippen LogP contribution is -2.23. The molecule has 1 aliphatic heterocycles. The van der Waals surface area contributed by atoms with Gasteiger partial charge in [0.1, 0.15) is 18.1 Å². The maximum atomic E-state index is 12.7. The lowest BCUT2D eigenvalue weighted by Gasteiger charge is -2.21. The third kappa shape index (κ3) is 4.52. The van der Waals surface area contributed by atoms with E-state index >= 15 is 0 Å². The van der Waals surface area contributed by atoms with E-state index in [9.17, 15) is 4.79 Å². The van der Waals surface area contributed by atoms with Gasteiger partial charge < -0.3 is 19.4 Å². The standard InChI is InChI=1S/C28H25ClN2O3/c1-33-24-13-6-19(7-14-24)17-30-27(32)15-12-23-16-20-18-34-26-5-3-2-4-25(26)28(20)31(23)22-10-8-21(29)9-11-22/h2-11,13-14,16H,12,15,17-18H2,1H3,(H,30,32). The van der Waals surface area contributed by atoms with Gasteiger partial charge in [-0.15, -0.1) is 0 Å². The van der Waals surface area contributed by atoms with Crippen molar-refractivity contribution in [2.24, 2.45) is 0 Å². The second-order valence-corrected chi connectivity index (χ2v) is 8.67. The van der Waals surface area contributed by atoms with Crippen LogP contribution in [0.1, 0.15) is 23.2 Å². The minimum Gasteiger partial charge on any atom is -0.497 e. The summed E-state index contributed by atoms with van der Waals surface area (Å²) in [6.07, 6.45) is 0.987. The molecule has 0 spiro atoms. The molecule has 0 saturated heterocycles. The van der Waals surface area contributed by atoms with Gasteiger partial charge in [-0.05, 0) is 66.6 Å². The minimum atomic E-state index is 0.00861. The summed E-state index contributed by atoms with van der Waals surface area (Å²) in [7, 11) is 1.64. The molecule has 34 heavy (non-hydrogen) atoms. The van der Waals surface area contributed by atoms with E-state index in [0.29, 0.717) is 31.0 Å². The summed E-state index contributed by atoms with van der Waals surface area (Å²) in [6.45, 7) is 0.988. The summed E-state index contributed by atoms with van der Waals surface area (Å²) in [5, 5.41) is 3.71. The fourth-order valence-electron chi connectivity index (χ4n) is 4.31. The Kier molecular flexibility index (Phi) is 6.28. The van der Waals surface area contributed by atoms with Gasteiger partial charge in [-0.2, -0.15) is 0 Å². The lowest BCUT2D eigenvalue weighted by atomic mass is 10.0. The van der Waals surface area contributed by atoms with Crippen LogP contribution in [-0.2, 0) is 24.4 Å². The molecule has 0 saturated carbocycles. The molecule has 2 heterocycles. The van der Waals surface area contributed by atoms with Crippen LogP contribution in [0.2, 0.25) is 5.02 Å². The van der Waals surface area contributed by atoms with Crippen LogP contribution in [0.25, 0.3) is 16.9 Å². The van der Waals surface area contributed by atoms with E-state index in [1.807, 2.05) is 66.7 Å². The quantitative estimate of drug-likeness (QED) is 0.361. The Morgan fingerprint density at radius 3 is 2.59 bits per heavy atom. The molecule has 0 atom stereocenters. The molecule has 5 rings (SSSR count). The van der Waals surface area contributed by atoms with Crippen LogP contribution in [0, 0.1) is 0 Å². The molecule has 1 amide bonds. The first-order chi connectivity index (χ1) is 16.6. The van der Waals surface area contributed by atoms with E-state index in [-0.39, 0.29) is 5.91 Å². The van der Waals surface area contributed by atoms with Crippen LogP contribution in [0.3, 0.4) is 0 Å². The van der Waals surface area contributed by atoms with Crippen molar-refractivity contribution in [3.63, 3.8) is 0 Å². The second-order valence-electron chi connectivity index (χ2n) is 8.23. The maximum Gasteiger partial charge on any atom is 0.220 e. The van der Waals surface area contributed by atoms with Gasteiger partial charge in [-0.1, -0.05) is 35.9 Å². The van der Waals surface area contributed by atoms with Crippen LogP contribution in [0.4, 0.5) is 0 Å². The number of carbonyl (C=O) groups is 1. The summed E-state index contributed by atoms with van der Waals surface area (Å²) < 4.78 is 13.4. The van der Waals surface area contributed by atoms with E-state index in [4.69, 9.17) is 21.1 Å². The summed E-state index contributed by atoms with van der Waals surface area (Å²) >= 11 is 6.15. The molecule has 3 aromatic carbocycles. The van der Waals surface area contributed by atoms with Gasteiger partial charge in [0.25, 0.3) is 0 Å². The van der Waals surface area contributed by atoms with E-state index in [1.54, 1.807) is 7.11 Å². The van der Waals surface area contributed by atoms with Crippen molar-refractivity contribution < 1.29 is 14.3 Å². The van der Waals surface area contributed by atoms with Crippen molar-refractivity contribution in [2.45, 2.75) is 26.0 Å². The molecule has 0 radical (unpaired) electrons. The largest absolute Gasteiger partial charge is 0.497 e. The summed E-state index contributed by atoms with van der Waals surface area (Å²) in [4.78, 5) is 12.7. The average Bonchev–Trinajstić information content (AvgIpc) is 3.26. The van der Waals surface area contributed by atoms with Crippen molar-refractivity contribution in [1.29, 1.82) is 0 Å². The van der Waals surface area contributed by atoms with E-state index in [1.165, 1.54) is 0 Å². The molecule has 0 aliphatic carbocycles. The third-order valence-corrected chi connectivity index (χ3v) is 6.27. The number of nitrogens with zero attached hydrogens (tertiary/aromatic N) is 1. The van der Waals surface area contributed by atoms with Gasteiger partial charge in [-0.3, -0.25) is 4.79 Å². The minimum absolute atomic E-state index is 0.00861. The first-order valence-corrected chi connectivity index (χ1v) is 11.6. The van der Waals surface area contributed by atoms with Crippen molar-refractivity contribution in [3.8, 4) is 28.4 Å². The number of aromatic nitrogens is 1. The zero-order chi connectivity index (χ0) is 23.5. The Balaban J connectivity index is 1.38. The summed E-state index contributed by atoms with van der Waals surface area (Å²) in [5.41, 5.74) is 6.38. The molecule has 172 valence electrons. The molecule has 0 bridgehead atoms. The van der Waals surface area contributed by atoms with Gasteiger partial charge in [0.15, 0.2) is 0 Å². The van der Waals surface area contributed by atoms with Gasteiger partial charge in [0, 0.05) is 40.5 Å². The number of amides is 1. The number of carbonyl (C=O) groups excluding carboxylic acids is 1. The Morgan fingerprint density at radius 1 is 1.06 bits per heavy atom. The van der Waals surface area contributed by atoms with E-state index in [2.05, 4.69) is 22.0 Å². The van der Waals surface area contributed by atoms with Gasteiger partial charge in [0.05, 0.1) is 12.8 Å². The molecule has 1 aromatic heterocycles. The van der Waals surface area contributed by atoms with Crippen LogP contribution in [0.15, 0.2) is 78.9 Å². The predicted molar refractivity (Wildman–Crippen MR) is 134 cm³/mol. The lowest BCUT2D eigenvalue weighted by molar-refractivity contribution is -0.121. The Hall–Kier alpha value is -3.70. The van der Waals surface area contributed by atoms with Crippen LogP contribution >= 0.6 is 11.6 Å². The molecule has 1 aliphatic rings. The number of methoxy groups -OCH3 is 1. The predicted octanol–water partition coefficient (Wildman–Crippen LogP) is 5.95. The molecule has 6 heteroatoms. The van der Waals surface area contributed by atoms with E-state index < -0.39 is 0 Å². The van der Waals surface area contributed by atoms with Crippen molar-refractivity contribution >= 4 is 17.5 Å². The van der Waals surface area contributed by atoms with Gasteiger partial charge >= 0.3 is 0 Å². The molecule has 1 N–H and O–H groups in total. The maximum absolute atomic E-state index is 12.7. The van der Waals surface area contributed by atoms with Crippen LogP contribution in [0.5, 0.6) is 11.5 Å². The fourth-order valence-corrected chi connectivity index (χ4v) is 4.44. The highest BCUT2D eigenvalue weighted by molar-refractivity contribution is 6.30. The number of aryl methyl sites for hydroxylation is 1. The van der Waals surface area contributed by atoms with Crippen LogP contribution < -0.4 is 14.8 Å². The zero-order valence-electron chi connectivity index (χ0n) is 18.9. The number of hydrogen-bond donors (Lipinski definition) is 1. The number of ether oxygens (including phenoxy) is 2. The molecular formula is C28H25ClN2O3. The molecule has 0 fully saturated rings. The number of para-hydroxylation sites is 1. The highest BCUT2D eigenvalue weighted by atomic mass is 35.5. The Morgan fingerprint density at radius 2 is 1.82 bits per heavy atom. The number of rotatable bonds is 7. The number of hydrogen-bond acceptors (Lipinski definition) is 3. The third-order valence-electron chi connectivity index (χ3n) is 6.02.